The number of sulfone groups is 1. The second kappa shape index (κ2) is 5.07. The molecule has 4 atom stereocenters. The fraction of sp³-hybridized carbons (Fsp3) is 0.632. The summed E-state index contributed by atoms with van der Waals surface area (Å²) in [6.45, 7) is 2.14. The van der Waals surface area contributed by atoms with Crippen LogP contribution in [0, 0.1) is 17.3 Å². The maximum Gasteiger partial charge on any atom is 0.179 e. The molecular formula is C19H24O4S. The Morgan fingerprint density at radius 1 is 1.17 bits per heavy atom. The third-order valence-electron chi connectivity index (χ3n) is 6.91. The number of hydrogen-bond donors (Lipinski definition) is 1. The minimum atomic E-state index is -3.45. The quantitative estimate of drug-likeness (QED) is 0.846. The van der Waals surface area contributed by atoms with Crippen LogP contribution in [0.15, 0.2) is 17.0 Å². The van der Waals surface area contributed by atoms with Crippen LogP contribution in [0.5, 0.6) is 5.75 Å². The highest BCUT2D eigenvalue weighted by Gasteiger charge is 2.54. The van der Waals surface area contributed by atoms with E-state index in [1.807, 2.05) is 0 Å². The molecule has 0 radical (unpaired) electrons. The van der Waals surface area contributed by atoms with Crippen LogP contribution in [0.25, 0.3) is 0 Å². The Morgan fingerprint density at radius 2 is 1.92 bits per heavy atom. The van der Waals surface area contributed by atoms with Crippen molar-refractivity contribution in [3.63, 3.8) is 0 Å². The minimum absolute atomic E-state index is 0.0396. The van der Waals surface area contributed by atoms with Gasteiger partial charge >= 0.3 is 0 Å². The van der Waals surface area contributed by atoms with Gasteiger partial charge in [0.05, 0.1) is 0 Å². The number of carbonyl (C=O) groups is 1. The monoisotopic (exact) mass is 348 g/mol. The number of phenolic OH excluding ortho intramolecular Hbond substituents is 1. The van der Waals surface area contributed by atoms with Gasteiger partial charge in [0.25, 0.3) is 0 Å². The van der Waals surface area contributed by atoms with Gasteiger partial charge in [-0.25, -0.2) is 8.42 Å². The van der Waals surface area contributed by atoms with Gasteiger partial charge in [0.15, 0.2) is 9.84 Å². The van der Waals surface area contributed by atoms with Gasteiger partial charge in [-0.3, -0.25) is 4.79 Å². The van der Waals surface area contributed by atoms with E-state index >= 15 is 0 Å². The predicted octanol–water partition coefficient (Wildman–Crippen LogP) is 3.22. The van der Waals surface area contributed by atoms with Crippen molar-refractivity contribution in [3.05, 3.63) is 23.3 Å². The highest BCUT2D eigenvalue weighted by Crippen LogP contribution is 2.59. The average Bonchev–Trinajstić information content (AvgIpc) is 2.81. The molecule has 4 nitrogen and oxygen atoms in total. The fourth-order valence-corrected chi connectivity index (χ4v) is 6.44. The molecule has 1 aromatic carbocycles. The summed E-state index contributed by atoms with van der Waals surface area (Å²) in [7, 11) is -3.45. The molecule has 130 valence electrons. The molecule has 0 spiro atoms. The van der Waals surface area contributed by atoms with Crippen LogP contribution in [0.2, 0.25) is 0 Å². The molecule has 1 aromatic rings. The van der Waals surface area contributed by atoms with Crippen LogP contribution in [-0.4, -0.2) is 25.6 Å². The molecule has 0 aliphatic heterocycles. The second-order valence-electron chi connectivity index (χ2n) is 8.12. The predicted molar refractivity (Wildman–Crippen MR) is 90.8 cm³/mol. The zero-order valence-electron chi connectivity index (χ0n) is 14.2. The van der Waals surface area contributed by atoms with E-state index in [-0.39, 0.29) is 16.1 Å². The number of ketones is 1. The zero-order chi connectivity index (χ0) is 17.3. The molecule has 2 saturated carbocycles. The van der Waals surface area contributed by atoms with Gasteiger partial charge in [-0.2, -0.15) is 0 Å². The molecule has 0 saturated heterocycles. The van der Waals surface area contributed by atoms with Crippen molar-refractivity contribution in [3.8, 4) is 5.75 Å². The Bertz CT molecular complexity index is 826. The van der Waals surface area contributed by atoms with Gasteiger partial charge in [-0.15, -0.1) is 0 Å². The molecule has 0 bridgehead atoms. The Balaban J connectivity index is 1.79. The van der Waals surface area contributed by atoms with Crippen LogP contribution in [0.1, 0.15) is 56.1 Å². The lowest BCUT2D eigenvalue weighted by atomic mass is 9.55. The maximum absolute atomic E-state index is 12.4. The number of aryl methyl sites for hydroxylation is 1. The van der Waals surface area contributed by atoms with Crippen molar-refractivity contribution in [1.29, 1.82) is 0 Å². The summed E-state index contributed by atoms with van der Waals surface area (Å²) in [6.07, 6.45) is 6.53. The number of aromatic hydroxyl groups is 1. The van der Waals surface area contributed by atoms with Crippen molar-refractivity contribution in [2.45, 2.75) is 56.3 Å². The summed E-state index contributed by atoms with van der Waals surface area (Å²) in [5.41, 5.74) is 2.00. The first-order chi connectivity index (χ1) is 11.2. The summed E-state index contributed by atoms with van der Waals surface area (Å²) in [4.78, 5) is 12.4. The molecule has 24 heavy (non-hydrogen) atoms. The van der Waals surface area contributed by atoms with Crippen LogP contribution >= 0.6 is 0 Å². The number of hydrogen-bond acceptors (Lipinski definition) is 4. The minimum Gasteiger partial charge on any atom is -0.507 e. The van der Waals surface area contributed by atoms with Gasteiger partial charge in [-0.1, -0.05) is 6.92 Å². The summed E-state index contributed by atoms with van der Waals surface area (Å²) in [5.74, 6) is 1.48. The summed E-state index contributed by atoms with van der Waals surface area (Å²) in [5, 5.41) is 10.1. The van der Waals surface area contributed by atoms with Crippen LogP contribution in [0.4, 0.5) is 0 Å². The first-order valence-corrected chi connectivity index (χ1v) is 10.7. The van der Waals surface area contributed by atoms with Gasteiger partial charge in [0, 0.05) is 18.1 Å². The van der Waals surface area contributed by atoms with E-state index < -0.39 is 9.84 Å². The first kappa shape index (κ1) is 16.1. The Hall–Kier alpha value is -1.36. The standard InChI is InChI=1S/C19H24O4S/c1-19-8-7-12-13(15(19)5-6-18(19)21)4-3-11-9-16(20)17(10-14(11)12)24(2,22)23/h9-10,12-13,15,20H,3-8H2,1-2H3/t12-,13+,15-,19-/m0/s1. The largest absolute Gasteiger partial charge is 0.507 e. The SMILES string of the molecule is C[C@]12CC[C@@H]3c4cc(S(C)(=O)=O)c(O)cc4CC[C@H]3[C@@H]1CCC2=O. The third kappa shape index (κ3) is 2.17. The Kier molecular flexibility index (Phi) is 3.41. The molecule has 4 rings (SSSR count). The second-order valence-corrected chi connectivity index (χ2v) is 10.1. The molecular weight excluding hydrogens is 324 g/mol. The lowest BCUT2D eigenvalue weighted by Gasteiger charge is -2.48. The molecule has 0 heterocycles. The Labute approximate surface area is 143 Å². The highest BCUT2D eigenvalue weighted by atomic mass is 32.2. The van der Waals surface area contributed by atoms with E-state index in [2.05, 4.69) is 6.92 Å². The summed E-state index contributed by atoms with van der Waals surface area (Å²) in [6, 6.07) is 3.35. The molecule has 0 aromatic heterocycles. The van der Waals surface area contributed by atoms with Crippen molar-refractivity contribution in [1.82, 2.24) is 0 Å². The van der Waals surface area contributed by atoms with Crippen LogP contribution in [-0.2, 0) is 21.1 Å². The van der Waals surface area contributed by atoms with E-state index in [4.69, 9.17) is 0 Å². The van der Waals surface area contributed by atoms with Gasteiger partial charge in [-0.05, 0) is 73.1 Å². The van der Waals surface area contributed by atoms with E-state index in [1.54, 1.807) is 12.1 Å². The highest BCUT2D eigenvalue weighted by molar-refractivity contribution is 7.90. The molecule has 0 amide bonds. The summed E-state index contributed by atoms with van der Waals surface area (Å²) < 4.78 is 23.9. The summed E-state index contributed by atoms with van der Waals surface area (Å²) >= 11 is 0. The smallest absolute Gasteiger partial charge is 0.179 e. The molecule has 1 N–H and O–H groups in total. The number of benzene rings is 1. The molecule has 2 fully saturated rings. The van der Waals surface area contributed by atoms with Crippen molar-refractivity contribution in [2.75, 3.05) is 6.26 Å². The first-order valence-electron chi connectivity index (χ1n) is 8.81. The number of phenols is 1. The Morgan fingerprint density at radius 3 is 2.62 bits per heavy atom. The number of Topliss-reactive ketones (excluding diaryl/α,β-unsaturated/α-hetero) is 1. The fourth-order valence-electron chi connectivity index (χ4n) is 5.66. The maximum atomic E-state index is 12.4. The van der Waals surface area contributed by atoms with Crippen LogP contribution < -0.4 is 0 Å². The van der Waals surface area contributed by atoms with Crippen molar-refractivity contribution >= 4 is 15.6 Å². The van der Waals surface area contributed by atoms with E-state index in [1.165, 1.54) is 0 Å². The van der Waals surface area contributed by atoms with E-state index in [0.717, 1.165) is 49.5 Å². The van der Waals surface area contributed by atoms with Gasteiger partial charge < -0.3 is 5.11 Å². The molecule has 3 aliphatic rings. The molecule has 5 heteroatoms. The van der Waals surface area contributed by atoms with Crippen LogP contribution in [0.3, 0.4) is 0 Å². The lowest BCUT2D eigenvalue weighted by molar-refractivity contribution is -0.129. The van der Waals surface area contributed by atoms with Gasteiger partial charge in [0.2, 0.25) is 0 Å². The number of carbonyl (C=O) groups excluding carboxylic acids is 1. The normalized spacial score (nSPS) is 35.2. The van der Waals surface area contributed by atoms with E-state index in [0.29, 0.717) is 30.0 Å². The van der Waals surface area contributed by atoms with Crippen molar-refractivity contribution in [2.24, 2.45) is 17.3 Å². The van der Waals surface area contributed by atoms with Gasteiger partial charge in [0.1, 0.15) is 16.4 Å². The molecule has 3 aliphatic carbocycles. The average molecular weight is 348 g/mol. The van der Waals surface area contributed by atoms with E-state index in [9.17, 15) is 18.3 Å². The topological polar surface area (TPSA) is 71.4 Å². The number of rotatable bonds is 1. The molecule has 0 unspecified atom stereocenters. The number of fused-ring (bicyclic) bond motifs is 5. The van der Waals surface area contributed by atoms with Crippen molar-refractivity contribution < 1.29 is 18.3 Å². The third-order valence-corrected chi connectivity index (χ3v) is 8.04. The zero-order valence-corrected chi connectivity index (χ0v) is 15.0. The lowest BCUT2D eigenvalue weighted by Crippen LogP contribution is -2.42.